The number of hydrogen-bond donors (Lipinski definition) is 1. The molecule has 0 aliphatic rings. The summed E-state index contributed by atoms with van der Waals surface area (Å²) in [6.45, 7) is 3.96. The van der Waals surface area contributed by atoms with Crippen LogP contribution in [0.1, 0.15) is 27.9 Å². The van der Waals surface area contributed by atoms with Gasteiger partial charge in [0.1, 0.15) is 0 Å². The highest BCUT2D eigenvalue weighted by Gasteiger charge is 2.13. The maximum Gasteiger partial charge on any atom is 0.257 e. The zero-order valence-electron chi connectivity index (χ0n) is 11.5. The minimum Gasteiger partial charge on any atom is -0.494 e. The molecule has 0 spiro atoms. The van der Waals surface area contributed by atoms with E-state index in [0.29, 0.717) is 5.13 Å². The lowest BCUT2D eigenvalue weighted by molar-refractivity contribution is 0.102. The van der Waals surface area contributed by atoms with Gasteiger partial charge in [-0.05, 0) is 31.5 Å². The predicted molar refractivity (Wildman–Crippen MR) is 77.1 cm³/mol. The van der Waals surface area contributed by atoms with Gasteiger partial charge < -0.3 is 4.74 Å². The first-order valence-electron chi connectivity index (χ1n) is 6.16. The number of amides is 1. The van der Waals surface area contributed by atoms with E-state index >= 15 is 0 Å². The Morgan fingerprint density at radius 2 is 2.25 bits per heavy atom. The van der Waals surface area contributed by atoms with E-state index in [-0.39, 0.29) is 17.2 Å². The van der Waals surface area contributed by atoms with Gasteiger partial charge >= 0.3 is 0 Å². The van der Waals surface area contributed by atoms with Crippen LogP contribution in [0.5, 0.6) is 5.75 Å². The molecule has 0 saturated carbocycles. The smallest absolute Gasteiger partial charge is 0.257 e. The lowest BCUT2D eigenvalue weighted by atomic mass is 10.2. The Balaban J connectivity index is 2.17. The van der Waals surface area contributed by atoms with Crippen LogP contribution >= 0.6 is 11.3 Å². The Morgan fingerprint density at radius 1 is 1.50 bits per heavy atom. The number of thiazole rings is 1. The average Bonchev–Trinajstić information content (AvgIpc) is 2.78. The predicted octanol–water partition coefficient (Wildman–Crippen LogP) is 3.41. The number of nitrogens with zero attached hydrogens (tertiary/aromatic N) is 1. The van der Waals surface area contributed by atoms with E-state index in [1.807, 2.05) is 13.8 Å². The second kappa shape index (κ2) is 6.00. The fourth-order valence-electron chi connectivity index (χ4n) is 1.79. The van der Waals surface area contributed by atoms with Gasteiger partial charge in [0.25, 0.3) is 5.91 Å². The van der Waals surface area contributed by atoms with Crippen molar-refractivity contribution in [3.8, 4) is 5.75 Å². The molecular formula is C14H15FN2O2S. The Labute approximate surface area is 120 Å². The average molecular weight is 294 g/mol. The van der Waals surface area contributed by atoms with Crippen molar-refractivity contribution < 1.29 is 13.9 Å². The Morgan fingerprint density at radius 3 is 2.80 bits per heavy atom. The molecule has 20 heavy (non-hydrogen) atoms. The molecule has 1 heterocycles. The van der Waals surface area contributed by atoms with Crippen LogP contribution in [0.15, 0.2) is 18.2 Å². The molecule has 0 radical (unpaired) electrons. The van der Waals surface area contributed by atoms with Crippen LogP contribution in [0.25, 0.3) is 0 Å². The molecule has 0 saturated heterocycles. The molecule has 0 aliphatic heterocycles. The fourth-order valence-corrected chi connectivity index (χ4v) is 2.68. The first-order chi connectivity index (χ1) is 9.55. The molecule has 0 aliphatic carbocycles. The Kier molecular flexibility index (Phi) is 4.34. The molecule has 1 amide bonds. The second-order valence-corrected chi connectivity index (χ2v) is 5.38. The highest BCUT2D eigenvalue weighted by molar-refractivity contribution is 7.15. The van der Waals surface area contributed by atoms with E-state index in [9.17, 15) is 9.18 Å². The van der Waals surface area contributed by atoms with E-state index in [2.05, 4.69) is 10.3 Å². The zero-order chi connectivity index (χ0) is 14.7. The monoisotopic (exact) mass is 294 g/mol. The van der Waals surface area contributed by atoms with Gasteiger partial charge in [0.05, 0.1) is 12.8 Å². The van der Waals surface area contributed by atoms with Crippen LogP contribution in [0.4, 0.5) is 9.52 Å². The number of benzene rings is 1. The normalized spacial score (nSPS) is 10.4. The van der Waals surface area contributed by atoms with E-state index in [1.54, 1.807) is 0 Å². The molecule has 1 aromatic heterocycles. The maximum atomic E-state index is 13.6. The maximum absolute atomic E-state index is 13.6. The summed E-state index contributed by atoms with van der Waals surface area (Å²) < 4.78 is 18.4. The molecule has 1 N–H and O–H groups in total. The van der Waals surface area contributed by atoms with Crippen molar-refractivity contribution in [2.24, 2.45) is 0 Å². The summed E-state index contributed by atoms with van der Waals surface area (Å²) in [7, 11) is 1.38. The number of aromatic nitrogens is 1. The molecular weight excluding hydrogens is 279 g/mol. The Bertz CT molecular complexity index is 640. The number of carbonyl (C=O) groups is 1. The number of carbonyl (C=O) groups excluding carboxylic acids is 1. The van der Waals surface area contributed by atoms with Gasteiger partial charge in [-0.3, -0.25) is 10.1 Å². The molecule has 0 fully saturated rings. The largest absolute Gasteiger partial charge is 0.494 e. The number of methoxy groups -OCH3 is 1. The highest BCUT2D eigenvalue weighted by Crippen LogP contribution is 2.23. The van der Waals surface area contributed by atoms with Crippen LogP contribution in [0.2, 0.25) is 0 Å². The first kappa shape index (κ1) is 14.5. The number of nitrogens with one attached hydrogen (secondary N) is 1. The van der Waals surface area contributed by atoms with Crippen molar-refractivity contribution in [1.82, 2.24) is 4.98 Å². The van der Waals surface area contributed by atoms with Gasteiger partial charge in [-0.2, -0.15) is 0 Å². The van der Waals surface area contributed by atoms with Crippen LogP contribution in [0.3, 0.4) is 0 Å². The van der Waals surface area contributed by atoms with Gasteiger partial charge in [-0.25, -0.2) is 9.37 Å². The van der Waals surface area contributed by atoms with Gasteiger partial charge in [-0.15, -0.1) is 11.3 Å². The summed E-state index contributed by atoms with van der Waals surface area (Å²) in [4.78, 5) is 17.4. The molecule has 4 nitrogen and oxygen atoms in total. The molecule has 106 valence electrons. The lowest BCUT2D eigenvalue weighted by Gasteiger charge is -2.05. The minimum atomic E-state index is -0.565. The van der Waals surface area contributed by atoms with Crippen molar-refractivity contribution in [3.05, 3.63) is 40.2 Å². The van der Waals surface area contributed by atoms with Crippen molar-refractivity contribution in [2.45, 2.75) is 20.3 Å². The third-order valence-corrected chi connectivity index (χ3v) is 3.79. The quantitative estimate of drug-likeness (QED) is 0.940. The topological polar surface area (TPSA) is 51.2 Å². The summed E-state index contributed by atoms with van der Waals surface area (Å²) in [5.41, 5.74) is 1.19. The lowest BCUT2D eigenvalue weighted by Crippen LogP contribution is -2.12. The standard InChI is InChI=1S/C14H15FN2O2S/c1-4-11-8(2)20-14(16-11)17-13(18)9-5-6-12(19-3)10(15)7-9/h5-7H,4H2,1-3H3,(H,16,17,18). The minimum absolute atomic E-state index is 0.111. The van der Waals surface area contributed by atoms with E-state index in [4.69, 9.17) is 4.74 Å². The van der Waals surface area contributed by atoms with Gasteiger partial charge in [0, 0.05) is 10.4 Å². The number of aryl methyl sites for hydroxylation is 2. The number of halogens is 1. The molecule has 0 atom stereocenters. The number of rotatable bonds is 4. The van der Waals surface area contributed by atoms with E-state index in [1.165, 1.54) is 30.6 Å². The van der Waals surface area contributed by atoms with Crippen LogP contribution in [-0.4, -0.2) is 18.0 Å². The fraction of sp³-hybridized carbons (Fsp3) is 0.286. The molecule has 1 aromatic carbocycles. The second-order valence-electron chi connectivity index (χ2n) is 4.18. The molecule has 0 bridgehead atoms. The SMILES string of the molecule is CCc1nc(NC(=O)c2ccc(OC)c(F)c2)sc1C. The summed E-state index contributed by atoms with van der Waals surface area (Å²) in [5, 5.41) is 3.21. The van der Waals surface area contributed by atoms with E-state index in [0.717, 1.165) is 23.1 Å². The molecule has 0 unspecified atom stereocenters. The number of hydrogen-bond acceptors (Lipinski definition) is 4. The summed E-state index contributed by atoms with van der Waals surface area (Å²) in [6, 6.07) is 4.09. The third kappa shape index (κ3) is 2.96. The van der Waals surface area contributed by atoms with Crippen molar-refractivity contribution in [3.63, 3.8) is 0 Å². The summed E-state index contributed by atoms with van der Waals surface area (Å²) in [5.74, 6) is -0.840. The third-order valence-electron chi connectivity index (χ3n) is 2.86. The summed E-state index contributed by atoms with van der Waals surface area (Å²) in [6.07, 6.45) is 0.815. The molecule has 6 heteroatoms. The van der Waals surface area contributed by atoms with Gasteiger partial charge in [0.2, 0.25) is 0 Å². The first-order valence-corrected chi connectivity index (χ1v) is 6.98. The van der Waals surface area contributed by atoms with Crippen LogP contribution in [0, 0.1) is 12.7 Å². The van der Waals surface area contributed by atoms with Crippen LogP contribution in [-0.2, 0) is 6.42 Å². The van der Waals surface area contributed by atoms with Crippen molar-refractivity contribution in [2.75, 3.05) is 12.4 Å². The van der Waals surface area contributed by atoms with Gasteiger partial charge in [-0.1, -0.05) is 6.92 Å². The van der Waals surface area contributed by atoms with Crippen molar-refractivity contribution >= 4 is 22.4 Å². The molecule has 2 aromatic rings. The van der Waals surface area contributed by atoms with Crippen molar-refractivity contribution in [1.29, 1.82) is 0 Å². The number of ether oxygens (including phenoxy) is 1. The molecule has 2 rings (SSSR count). The number of anilines is 1. The van der Waals surface area contributed by atoms with E-state index < -0.39 is 5.82 Å². The summed E-state index contributed by atoms with van der Waals surface area (Å²) >= 11 is 1.41. The zero-order valence-corrected chi connectivity index (χ0v) is 12.3. The van der Waals surface area contributed by atoms with Gasteiger partial charge in [0.15, 0.2) is 16.7 Å². The highest BCUT2D eigenvalue weighted by atomic mass is 32.1. The Hall–Kier alpha value is -1.95. The van der Waals surface area contributed by atoms with Crippen LogP contribution < -0.4 is 10.1 Å².